The number of esters is 1. The molecule has 5 nitrogen and oxygen atoms in total. The van der Waals surface area contributed by atoms with Gasteiger partial charge in [0, 0.05) is 19.9 Å². The maximum atomic E-state index is 12.1. The highest BCUT2D eigenvalue weighted by Crippen LogP contribution is 2.24. The number of carbonyl (C=O) groups excluding carboxylic acids is 3. The van der Waals surface area contributed by atoms with E-state index in [0.717, 1.165) is 0 Å². The third-order valence-electron chi connectivity index (χ3n) is 3.03. The SMILES string of the molecule is CSC(CCN1C(=O)c2ccccc2C1=O)OC(C)=O. The monoisotopic (exact) mass is 293 g/mol. The predicted octanol–water partition coefficient (Wildman–Crippen LogP) is 1.92. The Labute approximate surface area is 121 Å². The van der Waals surface area contributed by atoms with Crippen LogP contribution < -0.4 is 0 Å². The number of carbonyl (C=O) groups is 3. The molecule has 0 spiro atoms. The van der Waals surface area contributed by atoms with Crippen molar-refractivity contribution in [2.24, 2.45) is 0 Å². The molecule has 1 aromatic carbocycles. The van der Waals surface area contributed by atoms with Gasteiger partial charge in [-0.25, -0.2) is 0 Å². The lowest BCUT2D eigenvalue weighted by molar-refractivity contribution is -0.142. The van der Waals surface area contributed by atoms with Crippen molar-refractivity contribution >= 4 is 29.5 Å². The van der Waals surface area contributed by atoms with Crippen molar-refractivity contribution in [2.75, 3.05) is 12.8 Å². The summed E-state index contributed by atoms with van der Waals surface area (Å²) in [6.45, 7) is 1.58. The molecule has 1 heterocycles. The molecule has 1 aromatic rings. The Morgan fingerprint density at radius 3 is 2.25 bits per heavy atom. The van der Waals surface area contributed by atoms with Gasteiger partial charge in [-0.3, -0.25) is 19.3 Å². The van der Waals surface area contributed by atoms with Crippen molar-refractivity contribution in [1.82, 2.24) is 4.90 Å². The van der Waals surface area contributed by atoms with Gasteiger partial charge in [0.1, 0.15) is 5.44 Å². The van der Waals surface area contributed by atoms with Crippen LogP contribution in [0.5, 0.6) is 0 Å². The fourth-order valence-corrected chi connectivity index (χ4v) is 2.66. The quantitative estimate of drug-likeness (QED) is 0.471. The van der Waals surface area contributed by atoms with E-state index in [4.69, 9.17) is 4.74 Å². The topological polar surface area (TPSA) is 63.7 Å². The van der Waals surface area contributed by atoms with Crippen LogP contribution in [-0.2, 0) is 9.53 Å². The summed E-state index contributed by atoms with van der Waals surface area (Å²) in [7, 11) is 0. The molecule has 1 atom stereocenters. The molecular weight excluding hydrogens is 278 g/mol. The fourth-order valence-electron chi connectivity index (χ4n) is 2.09. The van der Waals surface area contributed by atoms with Crippen LogP contribution in [-0.4, -0.2) is 40.9 Å². The summed E-state index contributed by atoms with van der Waals surface area (Å²) in [6.07, 6.45) is 2.24. The number of rotatable bonds is 5. The first-order valence-electron chi connectivity index (χ1n) is 6.20. The highest BCUT2D eigenvalue weighted by atomic mass is 32.2. The minimum Gasteiger partial charge on any atom is -0.451 e. The molecule has 6 heteroatoms. The molecule has 1 aliphatic rings. The molecule has 0 N–H and O–H groups in total. The maximum absolute atomic E-state index is 12.1. The van der Waals surface area contributed by atoms with Crippen LogP contribution in [0.3, 0.4) is 0 Å². The van der Waals surface area contributed by atoms with Gasteiger partial charge in [-0.05, 0) is 18.4 Å². The average Bonchev–Trinajstić information content (AvgIpc) is 2.67. The number of amides is 2. The highest BCUT2D eigenvalue weighted by molar-refractivity contribution is 7.99. The first-order valence-corrected chi connectivity index (χ1v) is 7.48. The van der Waals surface area contributed by atoms with E-state index in [1.165, 1.54) is 23.6 Å². The zero-order chi connectivity index (χ0) is 14.7. The van der Waals surface area contributed by atoms with Crippen LogP contribution in [0, 0.1) is 0 Å². The summed E-state index contributed by atoms with van der Waals surface area (Å²) in [5.41, 5.74) is 0.521. The first kappa shape index (κ1) is 14.6. The molecule has 106 valence electrons. The minimum absolute atomic E-state index is 0.241. The lowest BCUT2D eigenvalue weighted by atomic mass is 10.1. The van der Waals surface area contributed by atoms with Gasteiger partial charge in [0.15, 0.2) is 0 Å². The number of ether oxygens (including phenoxy) is 1. The van der Waals surface area contributed by atoms with Gasteiger partial charge in [-0.2, -0.15) is 0 Å². The zero-order valence-electron chi connectivity index (χ0n) is 11.3. The normalized spacial score (nSPS) is 15.2. The highest BCUT2D eigenvalue weighted by Gasteiger charge is 2.35. The predicted molar refractivity (Wildman–Crippen MR) is 75.5 cm³/mol. The fraction of sp³-hybridized carbons (Fsp3) is 0.357. The van der Waals surface area contributed by atoms with E-state index in [1.54, 1.807) is 24.3 Å². The maximum Gasteiger partial charge on any atom is 0.303 e. The Hall–Kier alpha value is -1.82. The molecule has 0 radical (unpaired) electrons. The van der Waals surface area contributed by atoms with E-state index in [0.29, 0.717) is 17.5 Å². The second kappa shape index (κ2) is 6.09. The molecule has 2 amide bonds. The molecular formula is C14H15NO4S. The second-order valence-electron chi connectivity index (χ2n) is 4.37. The Morgan fingerprint density at radius 1 is 1.25 bits per heavy atom. The smallest absolute Gasteiger partial charge is 0.303 e. The molecule has 1 unspecified atom stereocenters. The lowest BCUT2D eigenvalue weighted by Gasteiger charge is -2.18. The number of hydrogen-bond acceptors (Lipinski definition) is 5. The summed E-state index contributed by atoms with van der Waals surface area (Å²) in [5, 5.41) is 0. The summed E-state index contributed by atoms with van der Waals surface area (Å²) >= 11 is 1.38. The molecule has 0 aromatic heterocycles. The van der Waals surface area contributed by atoms with Crippen molar-refractivity contribution in [3.05, 3.63) is 35.4 Å². The Kier molecular flexibility index (Phi) is 4.44. The van der Waals surface area contributed by atoms with Crippen LogP contribution in [0.15, 0.2) is 24.3 Å². The molecule has 0 saturated heterocycles. The standard InChI is InChI=1S/C14H15NO4S/c1-9(16)19-12(20-2)7-8-15-13(17)10-5-3-4-6-11(10)14(15)18/h3-6,12H,7-8H2,1-2H3. The van der Waals surface area contributed by atoms with Crippen LogP contribution in [0.25, 0.3) is 0 Å². The van der Waals surface area contributed by atoms with Crippen molar-refractivity contribution in [3.63, 3.8) is 0 Å². The van der Waals surface area contributed by atoms with Crippen molar-refractivity contribution < 1.29 is 19.1 Å². The van der Waals surface area contributed by atoms with Crippen LogP contribution >= 0.6 is 11.8 Å². The van der Waals surface area contributed by atoms with E-state index < -0.39 is 0 Å². The van der Waals surface area contributed by atoms with Gasteiger partial charge >= 0.3 is 5.97 Å². The van der Waals surface area contributed by atoms with Gasteiger partial charge in [0.05, 0.1) is 11.1 Å². The van der Waals surface area contributed by atoms with E-state index in [9.17, 15) is 14.4 Å². The molecule has 0 fully saturated rings. The molecule has 2 rings (SSSR count). The van der Waals surface area contributed by atoms with Gasteiger partial charge in [-0.15, -0.1) is 11.8 Å². The number of fused-ring (bicyclic) bond motifs is 1. The zero-order valence-corrected chi connectivity index (χ0v) is 12.1. The van der Waals surface area contributed by atoms with Crippen LogP contribution in [0.1, 0.15) is 34.1 Å². The molecule has 20 heavy (non-hydrogen) atoms. The minimum atomic E-state index is -0.369. The molecule has 0 saturated carbocycles. The number of hydrogen-bond donors (Lipinski definition) is 0. The van der Waals surface area contributed by atoms with Crippen molar-refractivity contribution in [1.29, 1.82) is 0 Å². The average molecular weight is 293 g/mol. The van der Waals surface area contributed by atoms with Gasteiger partial charge in [0.25, 0.3) is 11.8 Å². The third kappa shape index (κ3) is 2.85. The van der Waals surface area contributed by atoms with E-state index in [1.807, 2.05) is 6.26 Å². The number of benzene rings is 1. The molecule has 0 bridgehead atoms. The number of imide groups is 1. The summed E-state index contributed by atoms with van der Waals surface area (Å²) < 4.78 is 5.08. The lowest BCUT2D eigenvalue weighted by Crippen LogP contribution is -2.32. The summed E-state index contributed by atoms with van der Waals surface area (Å²) in [6, 6.07) is 6.76. The van der Waals surface area contributed by atoms with Crippen LogP contribution in [0.4, 0.5) is 0 Å². The second-order valence-corrected chi connectivity index (χ2v) is 5.37. The Bertz CT molecular complexity index is 523. The number of thioether (sulfide) groups is 1. The first-order chi connectivity index (χ1) is 9.54. The van der Waals surface area contributed by atoms with Gasteiger partial charge < -0.3 is 4.74 Å². The largest absolute Gasteiger partial charge is 0.451 e. The molecule has 0 aliphatic carbocycles. The van der Waals surface area contributed by atoms with Gasteiger partial charge in [0.2, 0.25) is 0 Å². The van der Waals surface area contributed by atoms with E-state index in [2.05, 4.69) is 0 Å². The Balaban J connectivity index is 2.03. The van der Waals surface area contributed by atoms with Crippen molar-refractivity contribution in [3.8, 4) is 0 Å². The van der Waals surface area contributed by atoms with Gasteiger partial charge in [-0.1, -0.05) is 12.1 Å². The molecule has 1 aliphatic heterocycles. The van der Waals surface area contributed by atoms with E-state index in [-0.39, 0.29) is 29.8 Å². The van der Waals surface area contributed by atoms with E-state index >= 15 is 0 Å². The number of nitrogens with zero attached hydrogens (tertiary/aromatic N) is 1. The third-order valence-corrected chi connectivity index (χ3v) is 3.88. The van der Waals surface area contributed by atoms with Crippen LogP contribution in [0.2, 0.25) is 0 Å². The summed E-state index contributed by atoms with van der Waals surface area (Å²) in [4.78, 5) is 36.4. The Morgan fingerprint density at radius 2 is 1.80 bits per heavy atom. The van der Waals surface area contributed by atoms with Crippen molar-refractivity contribution in [2.45, 2.75) is 18.8 Å². The summed E-state index contributed by atoms with van der Waals surface area (Å²) in [5.74, 6) is -0.937.